The summed E-state index contributed by atoms with van der Waals surface area (Å²) in [4.78, 5) is 14.3. The number of nitrogens with zero attached hydrogens (tertiary/aromatic N) is 1. The summed E-state index contributed by atoms with van der Waals surface area (Å²) in [6.07, 6.45) is 0.830. The SMILES string of the molecule is Cc1ccc(C(=O)N(CCCCl)C(C)C)cc1C. The van der Waals surface area contributed by atoms with Crippen LogP contribution in [0, 0.1) is 13.8 Å². The number of carbonyl (C=O) groups is 1. The van der Waals surface area contributed by atoms with Crippen molar-refractivity contribution < 1.29 is 4.79 Å². The molecular weight excluding hydrogens is 246 g/mol. The van der Waals surface area contributed by atoms with Crippen molar-refractivity contribution in [3.05, 3.63) is 34.9 Å². The van der Waals surface area contributed by atoms with Gasteiger partial charge in [-0.3, -0.25) is 4.79 Å². The van der Waals surface area contributed by atoms with Gasteiger partial charge in [0.1, 0.15) is 0 Å². The molecule has 0 bridgehead atoms. The maximum atomic E-state index is 12.4. The minimum atomic E-state index is 0.0956. The second-order valence-corrected chi connectivity index (χ2v) is 5.31. The Morgan fingerprint density at radius 3 is 2.44 bits per heavy atom. The molecule has 0 aliphatic heterocycles. The molecule has 0 heterocycles. The Morgan fingerprint density at radius 1 is 1.28 bits per heavy atom. The van der Waals surface area contributed by atoms with E-state index in [4.69, 9.17) is 11.6 Å². The van der Waals surface area contributed by atoms with E-state index in [1.54, 1.807) is 0 Å². The third-order valence-electron chi connectivity index (χ3n) is 3.17. The molecule has 0 aliphatic rings. The maximum Gasteiger partial charge on any atom is 0.254 e. The molecule has 1 aromatic rings. The summed E-state index contributed by atoms with van der Waals surface area (Å²) in [5.74, 6) is 0.682. The summed E-state index contributed by atoms with van der Waals surface area (Å²) in [6, 6.07) is 6.07. The Hall–Kier alpha value is -1.02. The quantitative estimate of drug-likeness (QED) is 0.744. The molecule has 0 aromatic heterocycles. The third kappa shape index (κ3) is 3.74. The van der Waals surface area contributed by atoms with Crippen LogP contribution in [0.25, 0.3) is 0 Å². The molecular formula is C15H22ClNO. The Balaban J connectivity index is 2.91. The van der Waals surface area contributed by atoms with Crippen LogP contribution in [0.2, 0.25) is 0 Å². The van der Waals surface area contributed by atoms with Crippen LogP contribution in [0.1, 0.15) is 41.8 Å². The highest BCUT2D eigenvalue weighted by Gasteiger charge is 2.18. The topological polar surface area (TPSA) is 20.3 Å². The van der Waals surface area contributed by atoms with Crippen LogP contribution >= 0.6 is 11.6 Å². The van der Waals surface area contributed by atoms with Crippen LogP contribution in [0.15, 0.2) is 18.2 Å². The number of halogens is 1. The molecule has 0 unspecified atom stereocenters. The summed E-state index contributed by atoms with van der Waals surface area (Å²) in [5.41, 5.74) is 3.13. The van der Waals surface area contributed by atoms with Gasteiger partial charge in [-0.1, -0.05) is 6.07 Å². The number of hydrogen-bond donors (Lipinski definition) is 0. The maximum absolute atomic E-state index is 12.4. The summed E-state index contributed by atoms with van der Waals surface area (Å²) in [7, 11) is 0. The smallest absolute Gasteiger partial charge is 0.254 e. The van der Waals surface area contributed by atoms with Crippen LogP contribution in [0.3, 0.4) is 0 Å². The van der Waals surface area contributed by atoms with Crippen molar-refractivity contribution in [3.63, 3.8) is 0 Å². The van der Waals surface area contributed by atoms with Gasteiger partial charge < -0.3 is 4.90 Å². The predicted octanol–water partition coefficient (Wildman–Crippen LogP) is 3.78. The second-order valence-electron chi connectivity index (χ2n) is 4.93. The number of aryl methyl sites for hydroxylation is 2. The van der Waals surface area contributed by atoms with Crippen molar-refractivity contribution >= 4 is 17.5 Å². The molecule has 1 aromatic carbocycles. The average Bonchev–Trinajstić information content (AvgIpc) is 2.32. The first-order chi connectivity index (χ1) is 8.47. The number of rotatable bonds is 5. The fraction of sp³-hybridized carbons (Fsp3) is 0.533. The van der Waals surface area contributed by atoms with Gasteiger partial charge in [0, 0.05) is 24.0 Å². The van der Waals surface area contributed by atoms with Gasteiger partial charge in [-0.2, -0.15) is 0 Å². The van der Waals surface area contributed by atoms with Crippen molar-refractivity contribution in [1.82, 2.24) is 4.90 Å². The lowest BCUT2D eigenvalue weighted by molar-refractivity contribution is 0.0706. The van der Waals surface area contributed by atoms with E-state index in [1.807, 2.05) is 43.9 Å². The highest BCUT2D eigenvalue weighted by atomic mass is 35.5. The Morgan fingerprint density at radius 2 is 1.94 bits per heavy atom. The minimum absolute atomic E-state index is 0.0956. The van der Waals surface area contributed by atoms with Gasteiger partial charge in [0.2, 0.25) is 0 Å². The van der Waals surface area contributed by atoms with Crippen molar-refractivity contribution in [1.29, 1.82) is 0 Å². The number of carbonyl (C=O) groups excluding carboxylic acids is 1. The molecule has 0 atom stereocenters. The Kier molecular flexibility index (Phi) is 5.67. The third-order valence-corrected chi connectivity index (χ3v) is 3.44. The average molecular weight is 268 g/mol. The van der Waals surface area contributed by atoms with Crippen molar-refractivity contribution in [3.8, 4) is 0 Å². The standard InChI is InChI=1S/C15H22ClNO/c1-11(2)17(9-5-8-16)15(18)14-7-6-12(3)13(4)10-14/h6-7,10-11H,5,8-9H2,1-4H3. The van der Waals surface area contributed by atoms with Gasteiger partial charge in [0.25, 0.3) is 5.91 Å². The molecule has 1 amide bonds. The lowest BCUT2D eigenvalue weighted by atomic mass is 10.0. The summed E-state index contributed by atoms with van der Waals surface area (Å²) in [6.45, 7) is 8.87. The summed E-state index contributed by atoms with van der Waals surface area (Å²) >= 11 is 5.71. The van der Waals surface area contributed by atoms with Gasteiger partial charge in [0.05, 0.1) is 0 Å². The molecule has 3 heteroatoms. The molecule has 0 N–H and O–H groups in total. The van der Waals surface area contributed by atoms with E-state index in [2.05, 4.69) is 6.92 Å². The van der Waals surface area contributed by atoms with E-state index in [1.165, 1.54) is 5.56 Å². The van der Waals surface area contributed by atoms with Crippen molar-refractivity contribution in [2.45, 2.75) is 40.2 Å². The molecule has 0 fully saturated rings. The summed E-state index contributed by atoms with van der Waals surface area (Å²) in [5, 5.41) is 0. The Labute approximate surface area is 115 Å². The lowest BCUT2D eigenvalue weighted by Crippen LogP contribution is -2.37. The number of amides is 1. The van der Waals surface area contributed by atoms with E-state index < -0.39 is 0 Å². The van der Waals surface area contributed by atoms with E-state index in [0.717, 1.165) is 17.5 Å². The molecule has 0 saturated carbocycles. The first-order valence-corrected chi connectivity index (χ1v) is 6.95. The van der Waals surface area contributed by atoms with Gasteiger partial charge in [-0.25, -0.2) is 0 Å². The van der Waals surface area contributed by atoms with Gasteiger partial charge in [-0.05, 0) is 57.4 Å². The molecule has 0 radical (unpaired) electrons. The zero-order chi connectivity index (χ0) is 13.7. The molecule has 0 spiro atoms. The fourth-order valence-electron chi connectivity index (χ4n) is 1.86. The second kappa shape index (κ2) is 6.79. The Bertz CT molecular complexity index is 415. The van der Waals surface area contributed by atoms with Crippen LogP contribution in [0.5, 0.6) is 0 Å². The molecule has 0 saturated heterocycles. The largest absolute Gasteiger partial charge is 0.336 e. The highest BCUT2D eigenvalue weighted by molar-refractivity contribution is 6.17. The van der Waals surface area contributed by atoms with Crippen molar-refractivity contribution in [2.24, 2.45) is 0 Å². The van der Waals surface area contributed by atoms with Crippen LogP contribution < -0.4 is 0 Å². The zero-order valence-corrected chi connectivity index (χ0v) is 12.4. The van der Waals surface area contributed by atoms with Gasteiger partial charge in [0.15, 0.2) is 0 Å². The molecule has 18 heavy (non-hydrogen) atoms. The molecule has 100 valence electrons. The van der Waals surface area contributed by atoms with Crippen LogP contribution in [-0.2, 0) is 0 Å². The summed E-state index contributed by atoms with van der Waals surface area (Å²) < 4.78 is 0. The van der Waals surface area contributed by atoms with Crippen LogP contribution in [-0.4, -0.2) is 29.3 Å². The van der Waals surface area contributed by atoms with E-state index >= 15 is 0 Å². The lowest BCUT2D eigenvalue weighted by Gasteiger charge is -2.26. The van der Waals surface area contributed by atoms with E-state index in [-0.39, 0.29) is 11.9 Å². The molecule has 0 aliphatic carbocycles. The van der Waals surface area contributed by atoms with E-state index in [9.17, 15) is 4.79 Å². The monoisotopic (exact) mass is 267 g/mol. The van der Waals surface area contributed by atoms with Gasteiger partial charge in [-0.15, -0.1) is 11.6 Å². The highest BCUT2D eigenvalue weighted by Crippen LogP contribution is 2.14. The van der Waals surface area contributed by atoms with Crippen LogP contribution in [0.4, 0.5) is 0 Å². The first-order valence-electron chi connectivity index (χ1n) is 6.41. The number of hydrogen-bond acceptors (Lipinski definition) is 1. The van der Waals surface area contributed by atoms with Gasteiger partial charge >= 0.3 is 0 Å². The van der Waals surface area contributed by atoms with E-state index in [0.29, 0.717) is 12.4 Å². The van der Waals surface area contributed by atoms with Crippen molar-refractivity contribution in [2.75, 3.05) is 12.4 Å². The molecule has 2 nitrogen and oxygen atoms in total. The normalized spacial score (nSPS) is 10.8. The zero-order valence-electron chi connectivity index (χ0n) is 11.7. The predicted molar refractivity (Wildman–Crippen MR) is 77.4 cm³/mol. The first kappa shape index (κ1) is 15.0. The number of alkyl halides is 1. The minimum Gasteiger partial charge on any atom is -0.336 e. The fourth-order valence-corrected chi connectivity index (χ4v) is 1.98. The number of benzene rings is 1. The molecule has 1 rings (SSSR count).